The third-order valence-electron chi connectivity index (χ3n) is 4.12. The molecule has 2 amide bonds. The third kappa shape index (κ3) is 4.43. The van der Waals surface area contributed by atoms with Gasteiger partial charge in [-0.15, -0.1) is 5.10 Å². The number of anilines is 1. The van der Waals surface area contributed by atoms with Crippen molar-refractivity contribution in [1.82, 2.24) is 20.3 Å². The summed E-state index contributed by atoms with van der Waals surface area (Å²) in [6.07, 6.45) is 4.03. The third-order valence-corrected chi connectivity index (χ3v) is 4.12. The molecule has 2 N–H and O–H groups in total. The van der Waals surface area contributed by atoms with E-state index in [0.717, 1.165) is 18.4 Å². The molecule has 1 aromatic carbocycles. The topological polar surface area (TPSA) is 88.9 Å². The number of nitrogens with one attached hydrogen (secondary N) is 2. The smallest absolute Gasteiger partial charge is 0.226 e. The Balaban J connectivity index is 1.61. The largest absolute Gasteiger partial charge is 0.355 e. The average Bonchev–Trinajstić information content (AvgIpc) is 3.32. The first-order chi connectivity index (χ1) is 12.0. The standard InChI is InChI=1S/C18H23N5O2/c1-12(2)23-11-16(21-22-23)14-5-3-4-6-15(14)20-17(24)9-10-19-18(25)13-7-8-13/h3-6,11-13H,7-10H2,1-2H3,(H,19,25)(H,20,24). The van der Waals surface area contributed by atoms with Crippen molar-refractivity contribution < 1.29 is 9.59 Å². The highest BCUT2D eigenvalue weighted by Crippen LogP contribution is 2.29. The van der Waals surface area contributed by atoms with Crippen LogP contribution in [0.5, 0.6) is 0 Å². The molecule has 0 radical (unpaired) electrons. The van der Waals surface area contributed by atoms with E-state index in [1.165, 1.54) is 0 Å². The Morgan fingerprint density at radius 1 is 1.28 bits per heavy atom. The number of para-hydroxylation sites is 1. The van der Waals surface area contributed by atoms with E-state index in [2.05, 4.69) is 20.9 Å². The summed E-state index contributed by atoms with van der Waals surface area (Å²) in [5.74, 6) is 0.0747. The number of amides is 2. The van der Waals surface area contributed by atoms with E-state index in [1.54, 1.807) is 4.68 Å². The predicted octanol–water partition coefficient (Wildman–Crippen LogP) is 2.38. The van der Waals surface area contributed by atoms with E-state index in [-0.39, 0.29) is 30.2 Å². The first-order valence-electron chi connectivity index (χ1n) is 8.63. The molecule has 1 saturated carbocycles. The number of rotatable bonds is 7. The normalized spacial score (nSPS) is 13.7. The number of benzene rings is 1. The van der Waals surface area contributed by atoms with Crippen LogP contribution in [-0.4, -0.2) is 33.4 Å². The summed E-state index contributed by atoms with van der Waals surface area (Å²) in [4.78, 5) is 23.8. The molecule has 2 aromatic rings. The molecular formula is C18H23N5O2. The van der Waals surface area contributed by atoms with Crippen LogP contribution in [0.15, 0.2) is 30.5 Å². The number of carbonyl (C=O) groups is 2. The lowest BCUT2D eigenvalue weighted by atomic mass is 10.1. The van der Waals surface area contributed by atoms with Crippen molar-refractivity contribution in [1.29, 1.82) is 0 Å². The zero-order chi connectivity index (χ0) is 17.8. The zero-order valence-electron chi connectivity index (χ0n) is 14.5. The Hall–Kier alpha value is -2.70. The highest BCUT2D eigenvalue weighted by atomic mass is 16.2. The first kappa shape index (κ1) is 17.1. The fraction of sp³-hybridized carbons (Fsp3) is 0.444. The van der Waals surface area contributed by atoms with Crippen LogP contribution in [0.2, 0.25) is 0 Å². The zero-order valence-corrected chi connectivity index (χ0v) is 14.5. The summed E-state index contributed by atoms with van der Waals surface area (Å²) in [6, 6.07) is 7.72. The fourth-order valence-corrected chi connectivity index (χ4v) is 2.47. The molecule has 0 spiro atoms. The Morgan fingerprint density at radius 3 is 2.72 bits per heavy atom. The predicted molar refractivity (Wildman–Crippen MR) is 94.8 cm³/mol. The van der Waals surface area contributed by atoms with Crippen LogP contribution in [0.1, 0.15) is 39.2 Å². The quantitative estimate of drug-likeness (QED) is 0.809. The number of aromatic nitrogens is 3. The van der Waals surface area contributed by atoms with Crippen LogP contribution < -0.4 is 10.6 Å². The maximum absolute atomic E-state index is 12.2. The van der Waals surface area contributed by atoms with E-state index >= 15 is 0 Å². The van der Waals surface area contributed by atoms with Gasteiger partial charge in [-0.2, -0.15) is 0 Å². The van der Waals surface area contributed by atoms with Gasteiger partial charge in [0.25, 0.3) is 0 Å². The maximum atomic E-state index is 12.2. The lowest BCUT2D eigenvalue weighted by Gasteiger charge is -2.10. The van der Waals surface area contributed by atoms with Crippen LogP contribution in [0.3, 0.4) is 0 Å². The van der Waals surface area contributed by atoms with Crippen molar-refractivity contribution in [3.8, 4) is 11.3 Å². The van der Waals surface area contributed by atoms with E-state index in [4.69, 9.17) is 0 Å². The van der Waals surface area contributed by atoms with Gasteiger partial charge in [0.2, 0.25) is 11.8 Å². The molecule has 0 aliphatic heterocycles. The summed E-state index contributed by atoms with van der Waals surface area (Å²) in [6.45, 7) is 4.41. The highest BCUT2D eigenvalue weighted by Gasteiger charge is 2.29. The molecule has 132 valence electrons. The minimum Gasteiger partial charge on any atom is -0.355 e. The second-order valence-electron chi connectivity index (χ2n) is 6.59. The van der Waals surface area contributed by atoms with Crippen LogP contribution >= 0.6 is 0 Å². The van der Waals surface area contributed by atoms with E-state index in [0.29, 0.717) is 17.9 Å². The minimum atomic E-state index is -0.139. The molecule has 7 nitrogen and oxygen atoms in total. The lowest BCUT2D eigenvalue weighted by Crippen LogP contribution is -2.28. The lowest BCUT2D eigenvalue weighted by molar-refractivity contribution is -0.122. The Bertz CT molecular complexity index is 764. The van der Waals surface area contributed by atoms with Gasteiger partial charge >= 0.3 is 0 Å². The van der Waals surface area contributed by atoms with Crippen LogP contribution in [0.4, 0.5) is 5.69 Å². The number of nitrogens with zero attached hydrogens (tertiary/aromatic N) is 3. The second-order valence-corrected chi connectivity index (χ2v) is 6.59. The Labute approximate surface area is 146 Å². The molecule has 0 saturated heterocycles. The molecule has 1 heterocycles. The summed E-state index contributed by atoms with van der Waals surface area (Å²) in [5.41, 5.74) is 2.23. The van der Waals surface area contributed by atoms with Gasteiger partial charge in [0.1, 0.15) is 5.69 Å². The molecule has 7 heteroatoms. The molecule has 1 aliphatic carbocycles. The molecule has 1 aliphatic rings. The molecular weight excluding hydrogens is 318 g/mol. The Morgan fingerprint density at radius 2 is 2.04 bits per heavy atom. The van der Waals surface area contributed by atoms with Crippen molar-refractivity contribution in [3.63, 3.8) is 0 Å². The minimum absolute atomic E-state index is 0.0542. The summed E-state index contributed by atoms with van der Waals surface area (Å²) in [7, 11) is 0. The van der Waals surface area contributed by atoms with Crippen molar-refractivity contribution in [2.45, 2.75) is 39.2 Å². The Kier molecular flexibility index (Phi) is 5.11. The van der Waals surface area contributed by atoms with Gasteiger partial charge in [-0.1, -0.05) is 23.4 Å². The maximum Gasteiger partial charge on any atom is 0.226 e. The van der Waals surface area contributed by atoms with Crippen LogP contribution in [-0.2, 0) is 9.59 Å². The van der Waals surface area contributed by atoms with Gasteiger partial charge in [0.15, 0.2) is 0 Å². The van der Waals surface area contributed by atoms with E-state index in [1.807, 2.05) is 44.3 Å². The molecule has 0 atom stereocenters. The van der Waals surface area contributed by atoms with Gasteiger partial charge in [-0.25, -0.2) is 4.68 Å². The van der Waals surface area contributed by atoms with Gasteiger partial charge in [0.05, 0.1) is 11.9 Å². The molecule has 0 bridgehead atoms. The summed E-state index contributed by atoms with van der Waals surface area (Å²) < 4.78 is 1.78. The van der Waals surface area contributed by atoms with Gasteiger partial charge < -0.3 is 10.6 Å². The highest BCUT2D eigenvalue weighted by molar-refractivity contribution is 5.95. The van der Waals surface area contributed by atoms with Crippen molar-refractivity contribution >= 4 is 17.5 Å². The van der Waals surface area contributed by atoms with Gasteiger partial charge in [-0.05, 0) is 32.8 Å². The fourth-order valence-electron chi connectivity index (χ4n) is 2.47. The van der Waals surface area contributed by atoms with E-state index < -0.39 is 0 Å². The first-order valence-corrected chi connectivity index (χ1v) is 8.63. The number of hydrogen-bond donors (Lipinski definition) is 2. The average molecular weight is 341 g/mol. The summed E-state index contributed by atoms with van der Waals surface area (Å²) in [5, 5.41) is 14.0. The molecule has 0 unspecified atom stereocenters. The number of hydrogen-bond acceptors (Lipinski definition) is 4. The summed E-state index contributed by atoms with van der Waals surface area (Å²) >= 11 is 0. The monoisotopic (exact) mass is 341 g/mol. The van der Waals surface area contributed by atoms with Crippen molar-refractivity contribution in [2.75, 3.05) is 11.9 Å². The molecule has 3 rings (SSSR count). The van der Waals surface area contributed by atoms with Gasteiger partial charge in [0, 0.05) is 30.5 Å². The van der Waals surface area contributed by atoms with Gasteiger partial charge in [-0.3, -0.25) is 9.59 Å². The van der Waals surface area contributed by atoms with Crippen LogP contribution in [0.25, 0.3) is 11.3 Å². The van der Waals surface area contributed by atoms with Crippen molar-refractivity contribution in [3.05, 3.63) is 30.5 Å². The van der Waals surface area contributed by atoms with Crippen LogP contribution in [0, 0.1) is 5.92 Å². The van der Waals surface area contributed by atoms with Crippen molar-refractivity contribution in [2.24, 2.45) is 5.92 Å². The second kappa shape index (κ2) is 7.46. The van der Waals surface area contributed by atoms with E-state index in [9.17, 15) is 9.59 Å². The SMILES string of the molecule is CC(C)n1cc(-c2ccccc2NC(=O)CCNC(=O)C2CC2)nn1. The number of carbonyl (C=O) groups excluding carboxylic acids is 2. The molecule has 25 heavy (non-hydrogen) atoms. The molecule has 1 aromatic heterocycles. The molecule has 1 fully saturated rings.